The van der Waals surface area contributed by atoms with Gasteiger partial charge in [0, 0.05) is 45.5 Å². The summed E-state index contributed by atoms with van der Waals surface area (Å²) in [6, 6.07) is 69.3. The fraction of sp³-hybridized carbons (Fsp3) is 0.121. The highest BCUT2D eigenvalue weighted by atomic mass is 127. The highest BCUT2D eigenvalue weighted by molar-refractivity contribution is 8.00. The second-order valence-electron chi connectivity index (χ2n) is 19.6. The number of carbonyl (C=O) groups is 3. The third kappa shape index (κ3) is 11.3. The summed E-state index contributed by atoms with van der Waals surface area (Å²) in [6.45, 7) is 0.188. The lowest BCUT2D eigenvalue weighted by atomic mass is 9.77. The summed E-state index contributed by atoms with van der Waals surface area (Å²) in [7, 11) is 1.58. The van der Waals surface area contributed by atoms with Gasteiger partial charge in [0.25, 0.3) is 17.7 Å². The first-order valence-electron chi connectivity index (χ1n) is 26.7. The van der Waals surface area contributed by atoms with E-state index >= 15 is 4.79 Å². The molecule has 2 amide bonds. The van der Waals surface area contributed by atoms with Gasteiger partial charge in [-0.1, -0.05) is 204 Å². The van der Waals surface area contributed by atoms with Crippen molar-refractivity contribution >= 4 is 51.7 Å². The number of benzene rings is 7. The van der Waals surface area contributed by atoms with Gasteiger partial charge in [-0.05, 0) is 34.4 Å². The second kappa shape index (κ2) is 25.5. The molecule has 84 heavy (non-hydrogen) atoms. The van der Waals surface area contributed by atoms with Crippen LogP contribution in [0.4, 0.5) is 5.13 Å². The molecule has 15 nitrogen and oxygen atoms in total. The number of β-lactam (4-membered cyclic amide) rings is 1. The zero-order chi connectivity index (χ0) is 56.6. The highest BCUT2D eigenvalue weighted by Crippen LogP contribution is 2.44. The van der Waals surface area contributed by atoms with Crippen molar-refractivity contribution < 1.29 is 61.8 Å². The summed E-state index contributed by atoms with van der Waals surface area (Å²) in [4.78, 5) is 62.6. The number of ether oxygens (including phenoxy) is 2. The first-order chi connectivity index (χ1) is 40.8. The van der Waals surface area contributed by atoms with E-state index in [1.54, 1.807) is 24.6 Å². The quantitative estimate of drug-likeness (QED) is 0.0145. The molecule has 418 valence electrons. The average molecular weight is 1260 g/mol. The summed E-state index contributed by atoms with van der Waals surface area (Å²) in [5.74, 6) is -0.564. The number of nitrogens with zero attached hydrogens (tertiary/aromatic N) is 6. The van der Waals surface area contributed by atoms with E-state index < -0.39 is 40.3 Å². The third-order valence-corrected chi connectivity index (χ3v) is 16.7. The Morgan fingerprint density at radius 3 is 1.74 bits per heavy atom. The van der Waals surface area contributed by atoms with Gasteiger partial charge in [-0.2, -0.15) is 4.98 Å². The molecule has 12 rings (SSSR count). The number of hydrogen-bond acceptors (Lipinski definition) is 14. The fourth-order valence-corrected chi connectivity index (χ4v) is 12.6. The number of pyridine rings is 1. The molecule has 1 fully saturated rings. The van der Waals surface area contributed by atoms with Crippen molar-refractivity contribution in [1.82, 2.24) is 25.3 Å². The van der Waals surface area contributed by atoms with Crippen molar-refractivity contribution in [3.05, 3.63) is 298 Å². The van der Waals surface area contributed by atoms with Crippen molar-refractivity contribution in [2.45, 2.75) is 35.7 Å². The SMILES string of the molecule is COc1ccc(COC(=O)C2=C(C[n+]3ccc(-c4ncno4)cc3)CS[C@H]3[C@H](NC(=O)C(=NOC(c4ccccc4)(c4ccccc4)c4ccccc4)c4csc(NC(c5ccccc5)(c5ccccc5)c5ccccc5)n4)C(=O)N23)cc1.[I-]. The van der Waals surface area contributed by atoms with Crippen LogP contribution in [0.15, 0.2) is 263 Å². The number of esters is 1. The Balaban J connectivity index is 0.00000736. The van der Waals surface area contributed by atoms with Gasteiger partial charge >= 0.3 is 5.97 Å². The standard InChI is InChI=1S/C66H52N8O7S2.HI/c1-78-54-34-32-45(33-35-54)41-79-63(77)58-47(40-73-38-36-46(37-39-73)60-67-44-68-80-60)42-82-62-57(61(76)74(58)62)70-59(75)56(72-81-66(51-26-14-5-15-27-51,52-28-16-6-17-29-52)53-30-18-7-19-31-53)55-43-83-64(69-55)71-65(48-20-8-2-9-21-48,49-22-10-3-11-23-49)50-24-12-4-13-25-50;/h2-39,43-44,57,62H,40-42H2,1H3,(H-,69,70,71,75);1H/t57-,62+;/m1./s1. The smallest absolute Gasteiger partial charge is 0.355 e. The highest BCUT2D eigenvalue weighted by Gasteiger charge is 2.55. The van der Waals surface area contributed by atoms with Crippen LogP contribution in [0.1, 0.15) is 44.6 Å². The molecule has 2 aliphatic heterocycles. The Kier molecular flexibility index (Phi) is 17.2. The van der Waals surface area contributed by atoms with E-state index in [4.69, 9.17) is 29.0 Å². The molecule has 2 aliphatic rings. The number of carbonyl (C=O) groups excluding carboxylic acids is 3. The first kappa shape index (κ1) is 56.6. The zero-order valence-electron chi connectivity index (χ0n) is 45.1. The number of oxime groups is 1. The minimum Gasteiger partial charge on any atom is -1.00 e. The van der Waals surface area contributed by atoms with E-state index in [1.807, 2.05) is 187 Å². The van der Waals surface area contributed by atoms with Crippen molar-refractivity contribution in [2.24, 2.45) is 5.16 Å². The predicted molar refractivity (Wildman–Crippen MR) is 317 cm³/mol. The van der Waals surface area contributed by atoms with Gasteiger partial charge in [-0.3, -0.25) is 14.5 Å². The number of rotatable bonds is 20. The summed E-state index contributed by atoms with van der Waals surface area (Å²) in [5.41, 5.74) is 4.98. The minimum absolute atomic E-state index is 0. The lowest BCUT2D eigenvalue weighted by Gasteiger charge is -2.49. The van der Waals surface area contributed by atoms with Crippen LogP contribution >= 0.6 is 23.1 Å². The minimum atomic E-state index is -1.38. The van der Waals surface area contributed by atoms with Crippen LogP contribution in [0, 0.1) is 0 Å². The summed E-state index contributed by atoms with van der Waals surface area (Å²) in [5, 5.41) is 17.0. The van der Waals surface area contributed by atoms with E-state index in [1.165, 1.54) is 34.3 Å². The van der Waals surface area contributed by atoms with Gasteiger partial charge < -0.3 is 53.4 Å². The van der Waals surface area contributed by atoms with Crippen LogP contribution in [0.5, 0.6) is 5.75 Å². The molecular formula is C66H53IN8O7S2. The van der Waals surface area contributed by atoms with Crippen LogP contribution in [-0.4, -0.2) is 67.8 Å². The Hall–Kier alpha value is -9.24. The second-order valence-corrected chi connectivity index (χ2v) is 21.5. The van der Waals surface area contributed by atoms with Crippen LogP contribution in [-0.2, 0) is 48.2 Å². The molecule has 1 saturated heterocycles. The van der Waals surface area contributed by atoms with Gasteiger partial charge in [-0.25, -0.2) is 14.3 Å². The number of aromatic nitrogens is 4. The molecule has 0 spiro atoms. The number of anilines is 1. The molecule has 0 saturated carbocycles. The van der Waals surface area contributed by atoms with Crippen LogP contribution in [0.25, 0.3) is 11.5 Å². The topological polar surface area (TPSA) is 174 Å². The number of thioether (sulfide) groups is 1. The molecule has 2 atom stereocenters. The number of nitrogens with one attached hydrogen (secondary N) is 2. The maximum atomic E-state index is 15.5. The largest absolute Gasteiger partial charge is 1.00 e. The van der Waals surface area contributed by atoms with Crippen molar-refractivity contribution in [2.75, 3.05) is 18.2 Å². The Morgan fingerprint density at radius 1 is 0.714 bits per heavy atom. The van der Waals surface area contributed by atoms with Crippen molar-refractivity contribution in [3.8, 4) is 17.2 Å². The van der Waals surface area contributed by atoms with Crippen LogP contribution < -0.4 is 43.9 Å². The van der Waals surface area contributed by atoms with Gasteiger partial charge in [0.1, 0.15) is 40.7 Å². The number of fused-ring (bicyclic) bond motifs is 1. The lowest BCUT2D eigenvalue weighted by molar-refractivity contribution is -0.689. The number of hydrogen-bond donors (Lipinski definition) is 2. The van der Waals surface area contributed by atoms with E-state index in [9.17, 15) is 9.59 Å². The van der Waals surface area contributed by atoms with Crippen LogP contribution in [0.3, 0.4) is 0 Å². The van der Waals surface area contributed by atoms with Crippen molar-refractivity contribution in [1.29, 1.82) is 0 Å². The molecule has 3 aromatic heterocycles. The molecule has 2 N–H and O–H groups in total. The third-order valence-electron chi connectivity index (χ3n) is 14.6. The van der Waals surface area contributed by atoms with Gasteiger partial charge in [0.05, 0.1) is 12.7 Å². The van der Waals surface area contributed by atoms with Gasteiger partial charge in [0.15, 0.2) is 36.1 Å². The van der Waals surface area contributed by atoms with Gasteiger partial charge in [-0.15, -0.1) is 23.1 Å². The van der Waals surface area contributed by atoms with E-state index in [0.717, 1.165) is 38.9 Å². The Labute approximate surface area is 510 Å². The zero-order valence-corrected chi connectivity index (χ0v) is 48.9. The Morgan fingerprint density at radius 2 is 1.24 bits per heavy atom. The molecule has 0 unspecified atom stereocenters. The summed E-state index contributed by atoms with van der Waals surface area (Å²) >= 11 is 2.73. The molecule has 0 radical (unpaired) electrons. The number of methoxy groups -OCH3 is 1. The summed E-state index contributed by atoms with van der Waals surface area (Å²) in [6.07, 6.45) is 5.00. The lowest BCUT2D eigenvalue weighted by Crippen LogP contribution is -3.00. The fourth-order valence-electron chi connectivity index (χ4n) is 10.5. The normalized spacial score (nSPS) is 15.0. The number of thiazole rings is 1. The molecular weight excluding hydrogens is 1210 g/mol. The monoisotopic (exact) mass is 1260 g/mol. The van der Waals surface area contributed by atoms with E-state index in [0.29, 0.717) is 33.7 Å². The molecule has 10 aromatic rings. The maximum Gasteiger partial charge on any atom is 0.355 e. The molecule has 7 aromatic carbocycles. The molecule has 5 heterocycles. The number of amides is 2. The maximum absolute atomic E-state index is 15.5. The molecule has 0 aliphatic carbocycles. The first-order valence-corrected chi connectivity index (χ1v) is 28.6. The molecule has 18 heteroatoms. The van der Waals surface area contributed by atoms with Crippen LogP contribution in [0.2, 0.25) is 0 Å². The van der Waals surface area contributed by atoms with E-state index in [-0.39, 0.29) is 54.2 Å². The van der Waals surface area contributed by atoms with Gasteiger partial charge in [0.2, 0.25) is 5.60 Å². The average Bonchev–Trinajstić information content (AvgIpc) is 1.68. The predicted octanol–water partition coefficient (Wildman–Crippen LogP) is 7.71. The van der Waals surface area contributed by atoms with Crippen molar-refractivity contribution in [3.63, 3.8) is 0 Å². The summed E-state index contributed by atoms with van der Waals surface area (Å²) < 4.78 is 18.5. The van der Waals surface area contributed by atoms with E-state index in [2.05, 4.69) is 57.2 Å². The molecule has 0 bridgehead atoms. The Bertz CT molecular complexity index is 3730. The number of halogens is 1.